The van der Waals surface area contributed by atoms with Gasteiger partial charge in [-0.3, -0.25) is 0 Å². The van der Waals surface area contributed by atoms with E-state index in [0.717, 1.165) is 11.1 Å². The summed E-state index contributed by atoms with van der Waals surface area (Å²) in [6.07, 6.45) is 5.31. The van der Waals surface area contributed by atoms with Crippen LogP contribution in [0.15, 0.2) is 24.7 Å². The summed E-state index contributed by atoms with van der Waals surface area (Å²) in [6, 6.07) is 1.76. The van der Waals surface area contributed by atoms with Gasteiger partial charge in [-0.1, -0.05) is 20.8 Å². The van der Waals surface area contributed by atoms with Crippen LogP contribution in [0.4, 0.5) is 0 Å². The second kappa shape index (κ2) is 5.07. The van der Waals surface area contributed by atoms with Gasteiger partial charge in [-0.25, -0.2) is 14.5 Å². The van der Waals surface area contributed by atoms with Crippen molar-refractivity contribution in [3.8, 4) is 5.82 Å². The predicted molar refractivity (Wildman–Crippen MR) is 76.1 cm³/mol. The van der Waals surface area contributed by atoms with Crippen molar-refractivity contribution in [2.75, 3.05) is 7.11 Å². The third-order valence-electron chi connectivity index (χ3n) is 3.14. The maximum atomic E-state index is 11.5. The Kier molecular flexibility index (Phi) is 3.61. The van der Waals surface area contributed by atoms with E-state index in [4.69, 9.17) is 0 Å². The number of rotatable bonds is 2. The van der Waals surface area contributed by atoms with Crippen LogP contribution in [0, 0.1) is 6.92 Å². The molecule has 0 atom stereocenters. The molecule has 0 aliphatic rings. The molecule has 0 radical (unpaired) electrons. The van der Waals surface area contributed by atoms with Crippen molar-refractivity contribution in [2.45, 2.75) is 33.1 Å². The molecule has 0 aliphatic heterocycles. The van der Waals surface area contributed by atoms with Crippen LogP contribution in [0.2, 0.25) is 0 Å². The van der Waals surface area contributed by atoms with Crippen LogP contribution in [0.5, 0.6) is 0 Å². The second-order valence-corrected chi connectivity index (χ2v) is 5.78. The van der Waals surface area contributed by atoms with Gasteiger partial charge in [0.25, 0.3) is 0 Å². The third kappa shape index (κ3) is 2.71. The number of nitrogens with zero attached hydrogens (tertiary/aromatic N) is 3. The van der Waals surface area contributed by atoms with Crippen molar-refractivity contribution in [3.63, 3.8) is 0 Å². The Morgan fingerprint density at radius 2 is 2.00 bits per heavy atom. The standard InChI is InChI=1S/C15H19N3O2/c1-10-6-11(14(19)20-5)7-16-13(10)18-9-12(8-17-18)15(2,3)4/h6-9H,1-5H3. The zero-order chi connectivity index (χ0) is 14.9. The zero-order valence-corrected chi connectivity index (χ0v) is 12.5. The van der Waals surface area contributed by atoms with Crippen LogP contribution in [0.25, 0.3) is 5.82 Å². The lowest BCUT2D eigenvalue weighted by molar-refractivity contribution is 0.0600. The lowest BCUT2D eigenvalue weighted by Gasteiger charge is -2.15. The van der Waals surface area contributed by atoms with E-state index >= 15 is 0 Å². The van der Waals surface area contributed by atoms with Crippen LogP contribution >= 0.6 is 0 Å². The molecule has 0 aliphatic carbocycles. The number of hydrogen-bond donors (Lipinski definition) is 0. The minimum atomic E-state index is -0.386. The Balaban J connectivity index is 2.39. The second-order valence-electron chi connectivity index (χ2n) is 5.78. The molecule has 0 bridgehead atoms. The quantitative estimate of drug-likeness (QED) is 0.789. The topological polar surface area (TPSA) is 57.0 Å². The molecule has 2 heterocycles. The van der Waals surface area contributed by atoms with E-state index in [9.17, 15) is 4.79 Å². The normalized spacial score (nSPS) is 11.4. The van der Waals surface area contributed by atoms with Gasteiger partial charge in [0.05, 0.1) is 18.9 Å². The molecule has 5 nitrogen and oxygen atoms in total. The summed E-state index contributed by atoms with van der Waals surface area (Å²) < 4.78 is 6.42. The summed E-state index contributed by atoms with van der Waals surface area (Å²) in [4.78, 5) is 15.8. The van der Waals surface area contributed by atoms with E-state index in [1.165, 1.54) is 13.3 Å². The fraction of sp³-hybridized carbons (Fsp3) is 0.400. The highest BCUT2D eigenvalue weighted by molar-refractivity contribution is 5.89. The Morgan fingerprint density at radius 3 is 2.50 bits per heavy atom. The highest BCUT2D eigenvalue weighted by atomic mass is 16.5. The number of esters is 1. The zero-order valence-electron chi connectivity index (χ0n) is 12.5. The molecule has 0 spiro atoms. The highest BCUT2D eigenvalue weighted by Gasteiger charge is 2.17. The molecular weight excluding hydrogens is 254 g/mol. The maximum Gasteiger partial charge on any atom is 0.339 e. The van der Waals surface area contributed by atoms with Gasteiger partial charge < -0.3 is 4.74 Å². The minimum Gasteiger partial charge on any atom is -0.465 e. The van der Waals surface area contributed by atoms with Crippen LogP contribution in [0.3, 0.4) is 0 Å². The number of carbonyl (C=O) groups is 1. The first-order valence-corrected chi connectivity index (χ1v) is 6.43. The molecule has 0 N–H and O–H groups in total. The van der Waals surface area contributed by atoms with E-state index in [1.807, 2.05) is 19.3 Å². The SMILES string of the molecule is COC(=O)c1cnc(-n2cc(C(C)(C)C)cn2)c(C)c1. The first kappa shape index (κ1) is 14.2. The van der Waals surface area contributed by atoms with Gasteiger partial charge in [0.15, 0.2) is 5.82 Å². The van der Waals surface area contributed by atoms with Gasteiger partial charge in [0.1, 0.15) is 0 Å². The summed E-state index contributed by atoms with van der Waals surface area (Å²) in [5.74, 6) is 0.330. The van der Waals surface area contributed by atoms with Crippen molar-refractivity contribution in [1.29, 1.82) is 0 Å². The van der Waals surface area contributed by atoms with Crippen molar-refractivity contribution >= 4 is 5.97 Å². The molecule has 0 saturated heterocycles. The van der Waals surface area contributed by atoms with Crippen LogP contribution in [-0.2, 0) is 10.2 Å². The summed E-state index contributed by atoms with van der Waals surface area (Å²) in [5, 5.41) is 4.35. The Bertz CT molecular complexity index is 639. The largest absolute Gasteiger partial charge is 0.465 e. The van der Waals surface area contributed by atoms with Crippen molar-refractivity contribution in [1.82, 2.24) is 14.8 Å². The van der Waals surface area contributed by atoms with Gasteiger partial charge in [0.2, 0.25) is 0 Å². The highest BCUT2D eigenvalue weighted by Crippen LogP contribution is 2.22. The number of carbonyl (C=O) groups excluding carboxylic acids is 1. The molecule has 0 amide bonds. The van der Waals surface area contributed by atoms with Crippen LogP contribution in [0.1, 0.15) is 42.3 Å². The van der Waals surface area contributed by atoms with E-state index in [-0.39, 0.29) is 11.4 Å². The molecule has 0 fully saturated rings. The first-order chi connectivity index (χ1) is 9.32. The number of aryl methyl sites for hydroxylation is 1. The lowest BCUT2D eigenvalue weighted by atomic mass is 9.90. The smallest absolute Gasteiger partial charge is 0.339 e. The molecular formula is C15H19N3O2. The number of hydrogen-bond acceptors (Lipinski definition) is 4. The summed E-state index contributed by atoms with van der Waals surface area (Å²) >= 11 is 0. The summed E-state index contributed by atoms with van der Waals surface area (Å²) in [7, 11) is 1.36. The Hall–Kier alpha value is -2.17. The summed E-state index contributed by atoms with van der Waals surface area (Å²) in [6.45, 7) is 8.30. The average molecular weight is 273 g/mol. The van der Waals surface area contributed by atoms with Crippen LogP contribution in [-0.4, -0.2) is 27.8 Å². The van der Waals surface area contributed by atoms with E-state index < -0.39 is 0 Å². The van der Waals surface area contributed by atoms with Crippen molar-refractivity contribution in [2.24, 2.45) is 0 Å². The van der Waals surface area contributed by atoms with Crippen molar-refractivity contribution < 1.29 is 9.53 Å². The van der Waals surface area contributed by atoms with Crippen LogP contribution < -0.4 is 0 Å². The fourth-order valence-corrected chi connectivity index (χ4v) is 1.86. The molecule has 5 heteroatoms. The number of aromatic nitrogens is 3. The average Bonchev–Trinajstić information content (AvgIpc) is 2.87. The molecule has 0 unspecified atom stereocenters. The van der Waals surface area contributed by atoms with Gasteiger partial charge in [0, 0.05) is 12.4 Å². The minimum absolute atomic E-state index is 0.0398. The number of pyridine rings is 1. The van der Waals surface area contributed by atoms with E-state index in [1.54, 1.807) is 10.7 Å². The van der Waals surface area contributed by atoms with Gasteiger partial charge in [-0.2, -0.15) is 5.10 Å². The predicted octanol–water partition coefficient (Wildman–Crippen LogP) is 2.66. The Morgan fingerprint density at radius 1 is 1.30 bits per heavy atom. The number of ether oxygens (including phenoxy) is 1. The molecule has 2 aromatic rings. The molecule has 0 aromatic carbocycles. The molecule has 2 rings (SSSR count). The molecule has 0 saturated carbocycles. The van der Waals surface area contributed by atoms with Gasteiger partial charge in [-0.05, 0) is 29.5 Å². The van der Waals surface area contributed by atoms with Crippen molar-refractivity contribution in [3.05, 3.63) is 41.3 Å². The lowest BCUT2D eigenvalue weighted by Crippen LogP contribution is -2.10. The third-order valence-corrected chi connectivity index (χ3v) is 3.14. The van der Waals surface area contributed by atoms with E-state index in [0.29, 0.717) is 11.4 Å². The van der Waals surface area contributed by atoms with E-state index in [2.05, 4.69) is 35.6 Å². The van der Waals surface area contributed by atoms with Gasteiger partial charge >= 0.3 is 5.97 Å². The van der Waals surface area contributed by atoms with Gasteiger partial charge in [-0.15, -0.1) is 0 Å². The Labute approximate surface area is 118 Å². The fourth-order valence-electron chi connectivity index (χ4n) is 1.86. The molecule has 2 aromatic heterocycles. The maximum absolute atomic E-state index is 11.5. The summed E-state index contributed by atoms with van der Waals surface area (Å²) in [5.41, 5.74) is 2.49. The molecule has 106 valence electrons. The number of methoxy groups -OCH3 is 1. The molecule has 20 heavy (non-hydrogen) atoms. The monoisotopic (exact) mass is 273 g/mol. The first-order valence-electron chi connectivity index (χ1n) is 6.43.